The van der Waals surface area contributed by atoms with Crippen molar-refractivity contribution >= 4 is 47.3 Å². The molecule has 0 saturated heterocycles. The van der Waals surface area contributed by atoms with Gasteiger partial charge in [-0.15, -0.1) is 0 Å². The smallest absolute Gasteiger partial charge is 0.399 e. The van der Waals surface area contributed by atoms with Gasteiger partial charge < -0.3 is 14.8 Å². The van der Waals surface area contributed by atoms with Gasteiger partial charge >= 0.3 is 7.62 Å². The lowest BCUT2D eigenvalue weighted by Crippen LogP contribution is -2.26. The molecule has 7 nitrogen and oxygen atoms in total. The first-order valence-electron chi connectivity index (χ1n) is 9.52. The van der Waals surface area contributed by atoms with Crippen molar-refractivity contribution < 1.29 is 14.6 Å². The summed E-state index contributed by atoms with van der Waals surface area (Å²) in [6.45, 7) is 0. The van der Waals surface area contributed by atoms with Crippen LogP contribution in [0.25, 0.3) is 22.2 Å². The Labute approximate surface area is 172 Å². The van der Waals surface area contributed by atoms with Gasteiger partial charge in [-0.1, -0.05) is 30.3 Å². The fourth-order valence-corrected chi connectivity index (χ4v) is 3.84. The van der Waals surface area contributed by atoms with Crippen molar-refractivity contribution in [1.82, 2.24) is 9.46 Å². The van der Waals surface area contributed by atoms with Crippen molar-refractivity contribution in [2.24, 2.45) is 0 Å². The third kappa shape index (κ3) is 2.94. The number of carbonyl (C=O) groups excluding carboxylic acids is 2. The van der Waals surface area contributed by atoms with Gasteiger partial charge in [-0.05, 0) is 35.7 Å². The molecule has 2 heterocycles. The molecule has 30 heavy (non-hydrogen) atoms. The first-order chi connectivity index (χ1) is 14.7. The van der Waals surface area contributed by atoms with Gasteiger partial charge in [-0.3, -0.25) is 14.5 Å². The van der Waals surface area contributed by atoms with Crippen LogP contribution in [0.1, 0.15) is 6.42 Å². The summed E-state index contributed by atoms with van der Waals surface area (Å²) in [6.07, 6.45) is 3.08. The van der Waals surface area contributed by atoms with Crippen LogP contribution in [-0.2, 0) is 9.59 Å². The average Bonchev–Trinajstić information content (AvgIpc) is 3.19. The highest BCUT2D eigenvalue weighted by atomic mass is 16.2. The Hall–Kier alpha value is -3.91. The molecular weight excluding hydrogens is 379 g/mol. The molecule has 146 valence electrons. The standard InChI is InChI=1S/C22H17BN4O3/c28-19-13-20(29)27(18-10-7-14-3-1-2-4-17(14)21(18)25-19)16-8-5-15(6-9-16)22-24-11-12-26(22)23-30/h1-12,23,30H,13H2,(H,25,28). The van der Waals surface area contributed by atoms with E-state index in [1.54, 1.807) is 21.8 Å². The summed E-state index contributed by atoms with van der Waals surface area (Å²) in [5.41, 5.74) is 2.73. The summed E-state index contributed by atoms with van der Waals surface area (Å²) in [5, 5.41) is 14.2. The molecule has 0 unspecified atom stereocenters. The lowest BCUT2D eigenvalue weighted by atomic mass is 10.1. The molecule has 0 saturated carbocycles. The minimum absolute atomic E-state index is 0.171. The SMILES string of the molecule is O=C1CC(=O)N(c2ccc(-c3nccn3BO)cc2)c2ccc3ccccc3c2N1. The van der Waals surface area contributed by atoms with Crippen molar-refractivity contribution in [2.45, 2.75) is 6.42 Å². The molecule has 0 aliphatic carbocycles. The van der Waals surface area contributed by atoms with E-state index in [9.17, 15) is 14.6 Å². The average molecular weight is 396 g/mol. The molecule has 2 amide bonds. The van der Waals surface area contributed by atoms with E-state index in [1.807, 2.05) is 60.7 Å². The number of nitrogens with one attached hydrogen (secondary N) is 1. The van der Waals surface area contributed by atoms with E-state index in [4.69, 9.17) is 0 Å². The second-order valence-corrected chi connectivity index (χ2v) is 7.04. The topological polar surface area (TPSA) is 87.5 Å². The third-order valence-corrected chi connectivity index (χ3v) is 5.23. The van der Waals surface area contributed by atoms with E-state index < -0.39 is 0 Å². The zero-order valence-electron chi connectivity index (χ0n) is 15.9. The van der Waals surface area contributed by atoms with E-state index in [-0.39, 0.29) is 25.9 Å². The number of nitrogens with zero attached hydrogens (tertiary/aromatic N) is 3. The van der Waals surface area contributed by atoms with Crippen molar-refractivity contribution in [1.29, 1.82) is 0 Å². The second kappa shape index (κ2) is 7.16. The second-order valence-electron chi connectivity index (χ2n) is 7.04. The maximum Gasteiger partial charge on any atom is 0.399 e. The Bertz CT molecular complexity index is 1280. The number of aromatic nitrogens is 2. The molecule has 4 aromatic rings. The first-order valence-corrected chi connectivity index (χ1v) is 9.52. The first kappa shape index (κ1) is 18.1. The number of benzene rings is 3. The zero-order valence-corrected chi connectivity index (χ0v) is 15.9. The van der Waals surface area contributed by atoms with Crippen molar-refractivity contribution in [3.05, 3.63) is 73.1 Å². The van der Waals surface area contributed by atoms with E-state index in [2.05, 4.69) is 10.3 Å². The highest BCUT2D eigenvalue weighted by molar-refractivity contribution is 6.24. The molecular formula is C22H17BN4O3. The number of hydrogen-bond donors (Lipinski definition) is 2. The molecule has 0 radical (unpaired) electrons. The molecule has 1 aliphatic rings. The van der Waals surface area contributed by atoms with Gasteiger partial charge in [0.05, 0.1) is 11.4 Å². The molecule has 5 rings (SSSR count). The molecule has 8 heteroatoms. The van der Waals surface area contributed by atoms with Crippen LogP contribution in [0.3, 0.4) is 0 Å². The number of anilines is 3. The fourth-order valence-electron chi connectivity index (χ4n) is 3.84. The van der Waals surface area contributed by atoms with Gasteiger partial charge in [0.25, 0.3) is 0 Å². The van der Waals surface area contributed by atoms with E-state index in [0.717, 1.165) is 16.3 Å². The van der Waals surface area contributed by atoms with E-state index in [0.29, 0.717) is 22.9 Å². The maximum absolute atomic E-state index is 13.0. The van der Waals surface area contributed by atoms with Gasteiger partial charge in [-0.25, -0.2) is 4.98 Å². The van der Waals surface area contributed by atoms with Gasteiger partial charge in [0, 0.05) is 29.0 Å². The molecule has 2 N–H and O–H groups in total. The summed E-state index contributed by atoms with van der Waals surface area (Å²) in [4.78, 5) is 31.2. The van der Waals surface area contributed by atoms with Crippen LogP contribution in [0.4, 0.5) is 17.1 Å². The van der Waals surface area contributed by atoms with Gasteiger partial charge in [0.1, 0.15) is 12.2 Å². The minimum Gasteiger partial charge on any atom is -0.435 e. The predicted octanol–water partition coefficient (Wildman–Crippen LogP) is 2.82. The maximum atomic E-state index is 13.0. The van der Waals surface area contributed by atoms with Crippen LogP contribution >= 0.6 is 0 Å². The minimum atomic E-state index is -0.332. The van der Waals surface area contributed by atoms with Gasteiger partial charge in [-0.2, -0.15) is 0 Å². The Kier molecular flexibility index (Phi) is 4.33. The van der Waals surface area contributed by atoms with Crippen LogP contribution in [0.15, 0.2) is 73.1 Å². The molecule has 0 atom stereocenters. The summed E-state index contributed by atoms with van der Waals surface area (Å²) in [6, 6.07) is 18.9. The molecule has 0 fully saturated rings. The quantitative estimate of drug-likeness (QED) is 0.412. The third-order valence-electron chi connectivity index (χ3n) is 5.23. The number of carbonyl (C=O) groups is 2. The Balaban J connectivity index is 1.63. The molecule has 1 aliphatic heterocycles. The number of amides is 2. The highest BCUT2D eigenvalue weighted by Gasteiger charge is 2.28. The lowest BCUT2D eigenvalue weighted by Gasteiger charge is -2.23. The summed E-state index contributed by atoms with van der Waals surface area (Å²) in [5.74, 6) is 0.00215. The van der Waals surface area contributed by atoms with Crippen molar-refractivity contribution in [3.8, 4) is 11.4 Å². The van der Waals surface area contributed by atoms with Gasteiger partial charge in [0.15, 0.2) is 0 Å². The number of rotatable bonds is 3. The highest BCUT2D eigenvalue weighted by Crippen LogP contribution is 2.40. The summed E-state index contributed by atoms with van der Waals surface area (Å²) < 4.78 is 1.62. The largest absolute Gasteiger partial charge is 0.435 e. The van der Waals surface area contributed by atoms with E-state index >= 15 is 0 Å². The normalized spacial score (nSPS) is 13.7. The summed E-state index contributed by atoms with van der Waals surface area (Å²) in [7, 11) is -0.171. The number of fused-ring (bicyclic) bond motifs is 3. The van der Waals surface area contributed by atoms with Crippen LogP contribution in [0.2, 0.25) is 0 Å². The number of hydrogen-bond acceptors (Lipinski definition) is 4. The Morgan fingerprint density at radius 1 is 1.00 bits per heavy atom. The molecule has 3 aromatic carbocycles. The predicted molar refractivity (Wildman–Crippen MR) is 117 cm³/mol. The van der Waals surface area contributed by atoms with Crippen LogP contribution in [0, 0.1) is 0 Å². The number of imidazole rings is 1. The lowest BCUT2D eigenvalue weighted by molar-refractivity contribution is -0.124. The van der Waals surface area contributed by atoms with Crippen LogP contribution in [0.5, 0.6) is 0 Å². The fraction of sp³-hybridized carbons (Fsp3) is 0.0455. The Morgan fingerprint density at radius 2 is 1.80 bits per heavy atom. The molecule has 1 aromatic heterocycles. The van der Waals surface area contributed by atoms with Gasteiger partial charge in [0.2, 0.25) is 11.8 Å². The van der Waals surface area contributed by atoms with Crippen LogP contribution in [-0.4, -0.2) is 33.9 Å². The van der Waals surface area contributed by atoms with E-state index in [1.165, 1.54) is 0 Å². The van der Waals surface area contributed by atoms with Crippen molar-refractivity contribution in [2.75, 3.05) is 10.2 Å². The monoisotopic (exact) mass is 396 g/mol. The van der Waals surface area contributed by atoms with Crippen LogP contribution < -0.4 is 10.2 Å². The molecule has 0 bridgehead atoms. The summed E-state index contributed by atoms with van der Waals surface area (Å²) >= 11 is 0. The Morgan fingerprint density at radius 3 is 2.60 bits per heavy atom. The van der Waals surface area contributed by atoms with Crippen molar-refractivity contribution in [3.63, 3.8) is 0 Å². The zero-order chi connectivity index (χ0) is 20.7. The molecule has 0 spiro atoms.